The van der Waals surface area contributed by atoms with Gasteiger partial charge in [0.25, 0.3) is 0 Å². The Morgan fingerprint density at radius 1 is 1.10 bits per heavy atom. The molecular formula is C16H15ClFNO. The van der Waals surface area contributed by atoms with Crippen LogP contribution < -0.4 is 5.32 Å². The van der Waals surface area contributed by atoms with Crippen molar-refractivity contribution < 1.29 is 9.18 Å². The maximum Gasteiger partial charge on any atom is 0.234 e. The first kappa shape index (κ1) is 14.5. The van der Waals surface area contributed by atoms with Crippen LogP contribution in [0.3, 0.4) is 0 Å². The van der Waals surface area contributed by atoms with Gasteiger partial charge in [-0.25, -0.2) is 4.39 Å². The van der Waals surface area contributed by atoms with Gasteiger partial charge >= 0.3 is 0 Å². The SMILES string of the molecule is CC(C)(C(=O)Nc1ccccc1Cl)c1ccc(F)cc1. The van der Waals surface area contributed by atoms with Crippen LogP contribution in [0.5, 0.6) is 0 Å². The van der Waals surface area contributed by atoms with E-state index in [4.69, 9.17) is 11.6 Å². The van der Waals surface area contributed by atoms with E-state index < -0.39 is 5.41 Å². The van der Waals surface area contributed by atoms with Crippen LogP contribution in [0, 0.1) is 5.82 Å². The average Bonchev–Trinajstić information content (AvgIpc) is 2.41. The van der Waals surface area contributed by atoms with E-state index in [1.807, 2.05) is 0 Å². The molecule has 0 radical (unpaired) electrons. The fraction of sp³-hybridized carbons (Fsp3) is 0.188. The lowest BCUT2D eigenvalue weighted by molar-refractivity contribution is -0.120. The Morgan fingerprint density at radius 2 is 1.70 bits per heavy atom. The standard InChI is InChI=1S/C16H15ClFNO/c1-16(2,11-7-9-12(18)10-8-11)15(20)19-14-6-4-3-5-13(14)17/h3-10H,1-2H3,(H,19,20). The van der Waals surface area contributed by atoms with Gasteiger partial charge < -0.3 is 5.32 Å². The van der Waals surface area contributed by atoms with Gasteiger partial charge in [0.2, 0.25) is 5.91 Å². The van der Waals surface area contributed by atoms with Gasteiger partial charge in [0, 0.05) is 0 Å². The fourth-order valence-electron chi connectivity index (χ4n) is 1.84. The van der Waals surface area contributed by atoms with Gasteiger partial charge in [-0.1, -0.05) is 35.9 Å². The molecule has 4 heteroatoms. The van der Waals surface area contributed by atoms with E-state index in [0.29, 0.717) is 10.7 Å². The van der Waals surface area contributed by atoms with Crippen LogP contribution >= 0.6 is 11.6 Å². The van der Waals surface area contributed by atoms with Crippen molar-refractivity contribution in [2.75, 3.05) is 5.32 Å². The summed E-state index contributed by atoms with van der Waals surface area (Å²) in [6.07, 6.45) is 0. The summed E-state index contributed by atoms with van der Waals surface area (Å²) in [6, 6.07) is 13.0. The van der Waals surface area contributed by atoms with Crippen LogP contribution in [0.25, 0.3) is 0 Å². The number of hydrogen-bond acceptors (Lipinski definition) is 1. The van der Waals surface area contributed by atoms with Gasteiger partial charge in [0.05, 0.1) is 16.1 Å². The quantitative estimate of drug-likeness (QED) is 0.892. The summed E-state index contributed by atoms with van der Waals surface area (Å²) in [5.74, 6) is -0.520. The number of benzene rings is 2. The van der Waals surface area contributed by atoms with Crippen molar-refractivity contribution in [3.63, 3.8) is 0 Å². The lowest BCUT2D eigenvalue weighted by Crippen LogP contribution is -2.34. The molecule has 0 fully saturated rings. The van der Waals surface area contributed by atoms with Gasteiger partial charge in [0.1, 0.15) is 5.82 Å². The molecule has 1 amide bonds. The van der Waals surface area contributed by atoms with E-state index >= 15 is 0 Å². The predicted molar refractivity (Wildman–Crippen MR) is 79.5 cm³/mol. The van der Waals surface area contributed by atoms with Crippen LogP contribution in [0.2, 0.25) is 5.02 Å². The average molecular weight is 292 g/mol. The summed E-state index contributed by atoms with van der Waals surface area (Å²) in [7, 11) is 0. The van der Waals surface area contributed by atoms with Gasteiger partial charge in [-0.3, -0.25) is 4.79 Å². The lowest BCUT2D eigenvalue weighted by Gasteiger charge is -2.24. The molecule has 0 unspecified atom stereocenters. The Labute approximate surface area is 122 Å². The number of nitrogens with one attached hydrogen (secondary N) is 1. The molecule has 2 aromatic carbocycles. The van der Waals surface area contributed by atoms with E-state index in [0.717, 1.165) is 5.56 Å². The van der Waals surface area contributed by atoms with E-state index in [1.54, 1.807) is 50.2 Å². The van der Waals surface area contributed by atoms with E-state index in [9.17, 15) is 9.18 Å². The molecule has 0 spiro atoms. The van der Waals surface area contributed by atoms with Crippen LogP contribution in [-0.2, 0) is 10.2 Å². The molecule has 0 heterocycles. The molecule has 2 nitrogen and oxygen atoms in total. The maximum atomic E-state index is 13.0. The van der Waals surface area contributed by atoms with Crippen LogP contribution in [-0.4, -0.2) is 5.91 Å². The summed E-state index contributed by atoms with van der Waals surface area (Å²) in [5, 5.41) is 3.28. The van der Waals surface area contributed by atoms with Crippen LogP contribution in [0.1, 0.15) is 19.4 Å². The summed E-state index contributed by atoms with van der Waals surface area (Å²) in [4.78, 5) is 12.4. The third kappa shape index (κ3) is 2.99. The highest BCUT2D eigenvalue weighted by Crippen LogP contribution is 2.27. The Kier molecular flexibility index (Phi) is 4.09. The lowest BCUT2D eigenvalue weighted by atomic mass is 9.83. The van der Waals surface area contributed by atoms with E-state index in [1.165, 1.54) is 12.1 Å². The monoisotopic (exact) mass is 291 g/mol. The van der Waals surface area contributed by atoms with Gasteiger partial charge in [-0.2, -0.15) is 0 Å². The Bertz CT molecular complexity index is 623. The van der Waals surface area contributed by atoms with Crippen LogP contribution in [0.4, 0.5) is 10.1 Å². The second kappa shape index (κ2) is 5.63. The highest BCUT2D eigenvalue weighted by atomic mass is 35.5. The minimum atomic E-state index is -0.785. The van der Waals surface area contributed by atoms with Crippen molar-refractivity contribution in [3.05, 3.63) is 64.9 Å². The molecule has 1 N–H and O–H groups in total. The Balaban J connectivity index is 2.23. The molecule has 2 rings (SSSR count). The summed E-state index contributed by atoms with van der Waals surface area (Å²) in [5.41, 5.74) is 0.519. The largest absolute Gasteiger partial charge is 0.324 e. The number of rotatable bonds is 3. The number of hydrogen-bond donors (Lipinski definition) is 1. The second-order valence-corrected chi connectivity index (χ2v) is 5.47. The molecule has 0 saturated heterocycles. The summed E-state index contributed by atoms with van der Waals surface area (Å²) >= 11 is 6.02. The molecule has 20 heavy (non-hydrogen) atoms. The zero-order chi connectivity index (χ0) is 14.8. The van der Waals surface area contributed by atoms with E-state index in [-0.39, 0.29) is 11.7 Å². The molecule has 0 aliphatic rings. The molecule has 0 aliphatic carbocycles. The molecule has 2 aromatic rings. The smallest absolute Gasteiger partial charge is 0.234 e. The zero-order valence-electron chi connectivity index (χ0n) is 11.3. The summed E-state index contributed by atoms with van der Waals surface area (Å²) < 4.78 is 13.0. The third-order valence-electron chi connectivity index (χ3n) is 3.26. The fourth-order valence-corrected chi connectivity index (χ4v) is 2.02. The molecule has 0 atom stereocenters. The topological polar surface area (TPSA) is 29.1 Å². The first-order chi connectivity index (χ1) is 9.41. The zero-order valence-corrected chi connectivity index (χ0v) is 12.0. The van der Waals surface area contributed by atoms with E-state index in [2.05, 4.69) is 5.32 Å². The molecule has 0 saturated carbocycles. The minimum Gasteiger partial charge on any atom is -0.324 e. The van der Waals surface area contributed by atoms with Crippen LogP contribution in [0.15, 0.2) is 48.5 Å². The van der Waals surface area contributed by atoms with Crippen molar-refractivity contribution in [2.45, 2.75) is 19.3 Å². The highest BCUT2D eigenvalue weighted by Gasteiger charge is 2.30. The number of para-hydroxylation sites is 1. The van der Waals surface area contributed by atoms with Crippen molar-refractivity contribution in [1.82, 2.24) is 0 Å². The first-order valence-electron chi connectivity index (χ1n) is 6.23. The van der Waals surface area contributed by atoms with Crippen molar-refractivity contribution in [1.29, 1.82) is 0 Å². The summed E-state index contributed by atoms with van der Waals surface area (Å²) in [6.45, 7) is 3.57. The van der Waals surface area contributed by atoms with Gasteiger partial charge in [-0.15, -0.1) is 0 Å². The van der Waals surface area contributed by atoms with Crippen molar-refractivity contribution in [3.8, 4) is 0 Å². The first-order valence-corrected chi connectivity index (χ1v) is 6.61. The Hall–Kier alpha value is -1.87. The number of halogens is 2. The molecule has 0 bridgehead atoms. The number of anilines is 1. The Morgan fingerprint density at radius 3 is 2.30 bits per heavy atom. The maximum absolute atomic E-state index is 13.0. The number of amides is 1. The highest BCUT2D eigenvalue weighted by molar-refractivity contribution is 6.33. The van der Waals surface area contributed by atoms with Gasteiger partial charge in [-0.05, 0) is 43.7 Å². The number of carbonyl (C=O) groups is 1. The van der Waals surface area contributed by atoms with Gasteiger partial charge in [0.15, 0.2) is 0 Å². The van der Waals surface area contributed by atoms with Crippen molar-refractivity contribution in [2.24, 2.45) is 0 Å². The second-order valence-electron chi connectivity index (χ2n) is 5.07. The molecule has 0 aromatic heterocycles. The number of carbonyl (C=O) groups excluding carboxylic acids is 1. The molecular weight excluding hydrogens is 277 g/mol. The third-order valence-corrected chi connectivity index (χ3v) is 3.59. The molecule has 104 valence electrons. The molecule has 0 aliphatic heterocycles. The predicted octanol–water partition coefficient (Wildman–Crippen LogP) is 4.40. The normalized spacial score (nSPS) is 11.2. The minimum absolute atomic E-state index is 0.197. The van der Waals surface area contributed by atoms with Crippen molar-refractivity contribution >= 4 is 23.2 Å².